The van der Waals surface area contributed by atoms with Crippen LogP contribution in [0.4, 0.5) is 0 Å². The Kier molecular flexibility index (Phi) is 11.1. The van der Waals surface area contributed by atoms with Crippen LogP contribution in [-0.2, 0) is 16.0 Å². The SMILES string of the molecule is C/C=C/CSc1sc(C(=O)c2ccc(Br)cc2)c(CC(=O)OCC)c1-[n+]1ccccc1.[I-]. The van der Waals surface area contributed by atoms with Gasteiger partial charge in [-0.05, 0) is 38.1 Å². The number of thiophene rings is 1. The fraction of sp³-hybridized carbons (Fsp3) is 0.208. The topological polar surface area (TPSA) is 47.3 Å². The summed E-state index contributed by atoms with van der Waals surface area (Å²) in [7, 11) is 0. The summed E-state index contributed by atoms with van der Waals surface area (Å²) in [6.45, 7) is 4.07. The van der Waals surface area contributed by atoms with Crippen LogP contribution in [0.2, 0.25) is 0 Å². The second kappa shape index (κ2) is 13.3. The minimum atomic E-state index is -0.340. The zero-order valence-electron chi connectivity index (χ0n) is 17.7. The lowest BCUT2D eigenvalue weighted by Crippen LogP contribution is -3.00. The van der Waals surface area contributed by atoms with E-state index in [1.54, 1.807) is 30.8 Å². The summed E-state index contributed by atoms with van der Waals surface area (Å²) < 4.78 is 9.10. The van der Waals surface area contributed by atoms with Gasteiger partial charge in [0.2, 0.25) is 11.5 Å². The normalized spacial score (nSPS) is 10.7. The molecule has 1 aromatic carbocycles. The van der Waals surface area contributed by atoms with Crippen LogP contribution in [0.3, 0.4) is 0 Å². The standard InChI is InChI=1S/C24H23BrNO3S2.HI/c1-3-5-15-30-24-21(26-13-7-6-8-14-26)19(16-20(27)29-4-2)23(31-24)22(28)17-9-11-18(25)12-10-17;/h3,5-14H,4,15-16H2,1-2H3;1H/q+1;/p-1/b5-3+;. The van der Waals surface area contributed by atoms with E-state index in [0.717, 1.165) is 20.1 Å². The number of halogens is 2. The molecular formula is C24H23BrINO3S2. The van der Waals surface area contributed by atoms with E-state index >= 15 is 0 Å². The molecule has 0 radical (unpaired) electrons. The molecule has 0 unspecified atom stereocenters. The van der Waals surface area contributed by atoms with Crippen molar-refractivity contribution in [1.29, 1.82) is 0 Å². The lowest BCUT2D eigenvalue weighted by Gasteiger charge is -2.05. The molecule has 2 heterocycles. The van der Waals surface area contributed by atoms with Crippen LogP contribution in [-0.4, -0.2) is 24.1 Å². The summed E-state index contributed by atoms with van der Waals surface area (Å²) in [4.78, 5) is 26.5. The van der Waals surface area contributed by atoms with E-state index in [4.69, 9.17) is 4.74 Å². The van der Waals surface area contributed by atoms with E-state index in [2.05, 4.69) is 22.0 Å². The van der Waals surface area contributed by atoms with E-state index in [1.807, 2.05) is 60.3 Å². The maximum Gasteiger partial charge on any atom is 0.310 e. The maximum absolute atomic E-state index is 13.5. The molecule has 168 valence electrons. The van der Waals surface area contributed by atoms with Crippen molar-refractivity contribution in [3.05, 3.63) is 87.5 Å². The Bertz CT molecular complexity index is 1080. The van der Waals surface area contributed by atoms with Crippen LogP contribution in [0.5, 0.6) is 0 Å². The molecular weight excluding hydrogens is 621 g/mol. The molecule has 8 heteroatoms. The van der Waals surface area contributed by atoms with Crippen molar-refractivity contribution in [2.75, 3.05) is 12.4 Å². The van der Waals surface area contributed by atoms with E-state index in [9.17, 15) is 9.59 Å². The molecule has 3 aromatic rings. The van der Waals surface area contributed by atoms with E-state index in [-0.39, 0.29) is 42.2 Å². The molecule has 0 N–H and O–H groups in total. The Hall–Kier alpha value is -1.49. The minimum absolute atomic E-state index is 0. The average Bonchev–Trinajstić information content (AvgIpc) is 3.12. The molecule has 0 spiro atoms. The lowest BCUT2D eigenvalue weighted by molar-refractivity contribution is -0.598. The summed E-state index contributed by atoms with van der Waals surface area (Å²) in [5.41, 5.74) is 2.16. The second-order valence-corrected chi connectivity index (χ2v) is 9.75. The molecule has 0 aliphatic rings. The number of carbonyl (C=O) groups excluding carboxylic acids is 2. The quantitative estimate of drug-likeness (QED) is 0.0899. The average molecular weight is 644 g/mol. The molecule has 3 rings (SSSR count). The largest absolute Gasteiger partial charge is 1.00 e. The summed E-state index contributed by atoms with van der Waals surface area (Å²) in [6.07, 6.45) is 7.99. The van der Waals surface area contributed by atoms with Crippen molar-refractivity contribution in [2.45, 2.75) is 24.5 Å². The van der Waals surface area contributed by atoms with Gasteiger partial charge in [0.05, 0.1) is 23.5 Å². The van der Waals surface area contributed by atoms with E-state index in [0.29, 0.717) is 22.6 Å². The van der Waals surface area contributed by atoms with Crippen molar-refractivity contribution in [3.8, 4) is 5.69 Å². The third-order valence-electron chi connectivity index (χ3n) is 4.41. The highest BCUT2D eigenvalue weighted by Crippen LogP contribution is 2.38. The van der Waals surface area contributed by atoms with Crippen LogP contribution in [0.25, 0.3) is 5.69 Å². The van der Waals surface area contributed by atoms with Gasteiger partial charge in [0, 0.05) is 27.9 Å². The van der Waals surface area contributed by atoms with Gasteiger partial charge in [0.15, 0.2) is 12.4 Å². The predicted molar refractivity (Wildman–Crippen MR) is 129 cm³/mol. The molecule has 0 aliphatic heterocycles. The van der Waals surface area contributed by atoms with Gasteiger partial charge in [0.1, 0.15) is 4.21 Å². The number of rotatable bonds is 9. The molecule has 0 saturated heterocycles. The monoisotopic (exact) mass is 643 g/mol. The molecule has 0 amide bonds. The fourth-order valence-electron chi connectivity index (χ4n) is 3.00. The van der Waals surface area contributed by atoms with Crippen LogP contribution in [0.1, 0.15) is 34.6 Å². The Labute approximate surface area is 222 Å². The second-order valence-electron chi connectivity index (χ2n) is 6.53. The number of hydrogen-bond acceptors (Lipinski definition) is 5. The molecule has 0 fully saturated rings. The summed E-state index contributed by atoms with van der Waals surface area (Å²) in [5.74, 6) is 0.350. The zero-order chi connectivity index (χ0) is 22.2. The van der Waals surface area contributed by atoms with E-state index in [1.165, 1.54) is 11.3 Å². The van der Waals surface area contributed by atoms with Crippen LogP contribution in [0, 0.1) is 0 Å². The van der Waals surface area contributed by atoms with Crippen molar-refractivity contribution in [2.24, 2.45) is 0 Å². The van der Waals surface area contributed by atoms with Gasteiger partial charge in [-0.3, -0.25) is 9.59 Å². The number of pyridine rings is 1. The lowest BCUT2D eigenvalue weighted by atomic mass is 10.0. The first kappa shape index (κ1) is 26.8. The van der Waals surface area contributed by atoms with Crippen molar-refractivity contribution in [3.63, 3.8) is 0 Å². The Balaban J connectivity index is 0.00000363. The zero-order valence-corrected chi connectivity index (χ0v) is 23.1. The molecule has 0 bridgehead atoms. The minimum Gasteiger partial charge on any atom is -1.00 e. The third kappa shape index (κ3) is 6.76. The molecule has 2 aromatic heterocycles. The number of hydrogen-bond donors (Lipinski definition) is 0. The molecule has 0 saturated carbocycles. The molecule has 0 atom stereocenters. The molecule has 4 nitrogen and oxygen atoms in total. The number of carbonyl (C=O) groups is 2. The van der Waals surface area contributed by atoms with Gasteiger partial charge >= 0.3 is 5.97 Å². The molecule has 0 aliphatic carbocycles. The first-order valence-corrected chi connectivity index (χ1v) is 12.5. The number of benzene rings is 1. The van der Waals surface area contributed by atoms with Crippen LogP contribution >= 0.6 is 39.0 Å². The van der Waals surface area contributed by atoms with Crippen molar-refractivity contribution < 1.29 is 42.9 Å². The number of thioether (sulfide) groups is 1. The Morgan fingerprint density at radius 2 is 1.84 bits per heavy atom. The van der Waals surface area contributed by atoms with Gasteiger partial charge in [-0.15, -0.1) is 23.1 Å². The van der Waals surface area contributed by atoms with Crippen molar-refractivity contribution in [1.82, 2.24) is 0 Å². The third-order valence-corrected chi connectivity index (χ3v) is 7.37. The first-order valence-electron chi connectivity index (χ1n) is 9.87. The number of esters is 1. The predicted octanol–water partition coefficient (Wildman–Crippen LogP) is 2.80. The number of aromatic nitrogens is 1. The number of allylic oxidation sites excluding steroid dienone is 1. The van der Waals surface area contributed by atoms with Gasteiger partial charge in [-0.25, -0.2) is 0 Å². The van der Waals surface area contributed by atoms with Gasteiger partial charge < -0.3 is 28.7 Å². The maximum atomic E-state index is 13.5. The van der Waals surface area contributed by atoms with Crippen molar-refractivity contribution >= 4 is 50.8 Å². The van der Waals surface area contributed by atoms with Gasteiger partial charge in [-0.2, -0.15) is 4.57 Å². The van der Waals surface area contributed by atoms with Gasteiger partial charge in [0.25, 0.3) is 0 Å². The molecule has 32 heavy (non-hydrogen) atoms. The van der Waals surface area contributed by atoms with E-state index < -0.39 is 0 Å². The highest BCUT2D eigenvalue weighted by molar-refractivity contribution is 9.10. The number of nitrogens with zero attached hydrogens (tertiary/aromatic N) is 1. The fourth-order valence-corrected chi connectivity index (χ4v) is 5.77. The van der Waals surface area contributed by atoms with Crippen LogP contribution < -0.4 is 28.5 Å². The highest BCUT2D eigenvalue weighted by atomic mass is 127. The Morgan fingerprint density at radius 3 is 2.47 bits per heavy atom. The highest BCUT2D eigenvalue weighted by Gasteiger charge is 2.31. The number of ether oxygens (including phenoxy) is 1. The number of ketones is 1. The Morgan fingerprint density at radius 1 is 1.16 bits per heavy atom. The summed E-state index contributed by atoms with van der Waals surface area (Å²) in [5, 5.41) is 0. The van der Waals surface area contributed by atoms with Gasteiger partial charge in [-0.1, -0.05) is 34.1 Å². The summed E-state index contributed by atoms with van der Waals surface area (Å²) >= 11 is 6.51. The smallest absolute Gasteiger partial charge is 0.310 e. The first-order chi connectivity index (χ1) is 15.0. The summed E-state index contributed by atoms with van der Waals surface area (Å²) in [6, 6.07) is 13.1. The van der Waals surface area contributed by atoms with Crippen LogP contribution in [0.15, 0.2) is 75.7 Å².